The number of aromatic nitrogens is 1. The van der Waals surface area contributed by atoms with Gasteiger partial charge in [0.25, 0.3) is 0 Å². The third kappa shape index (κ3) is 4.19. The summed E-state index contributed by atoms with van der Waals surface area (Å²) in [6.45, 7) is 0. The fraction of sp³-hybridized carbons (Fsp3) is 0.0833. The zero-order valence-electron chi connectivity index (χ0n) is 16.0. The molecule has 4 aromatic rings. The molecule has 3 aromatic carbocycles. The molecule has 1 aromatic heterocycles. The van der Waals surface area contributed by atoms with Crippen LogP contribution in [0.15, 0.2) is 95.4 Å². The van der Waals surface area contributed by atoms with Crippen LogP contribution in [0.3, 0.4) is 0 Å². The fourth-order valence-corrected chi connectivity index (χ4v) is 4.51. The maximum absolute atomic E-state index is 6.03. The minimum Gasteiger partial charge on any atom is -0.231 e. The summed E-state index contributed by atoms with van der Waals surface area (Å²) in [7, 11) is 0. The van der Waals surface area contributed by atoms with Gasteiger partial charge in [0.15, 0.2) is 0 Å². The zero-order valence-corrected chi connectivity index (χ0v) is 19.3. The standard InChI is InChI=1S/C24H18ClN3S.BrH/c25-20-13-11-18(12-14-20)22-16-29-24(26-22)28-23(19-9-5-2-6-10-19)15-21(27-28)17-7-3-1-4-8-17;/h1-14,16,23H,15H2;1H. The third-order valence-corrected chi connectivity index (χ3v) is 6.11. The second-order valence-electron chi connectivity index (χ2n) is 6.91. The van der Waals surface area contributed by atoms with Crippen LogP contribution < -0.4 is 5.01 Å². The predicted octanol–water partition coefficient (Wildman–Crippen LogP) is 7.40. The van der Waals surface area contributed by atoms with Gasteiger partial charge in [0.1, 0.15) is 0 Å². The second kappa shape index (κ2) is 9.13. The summed E-state index contributed by atoms with van der Waals surface area (Å²) >= 11 is 7.64. The Bertz CT molecular complexity index is 1140. The van der Waals surface area contributed by atoms with Gasteiger partial charge in [-0.2, -0.15) is 5.10 Å². The van der Waals surface area contributed by atoms with E-state index in [1.54, 1.807) is 11.3 Å². The number of benzene rings is 3. The van der Waals surface area contributed by atoms with E-state index in [1.807, 2.05) is 36.4 Å². The van der Waals surface area contributed by atoms with E-state index < -0.39 is 0 Å². The molecule has 0 fully saturated rings. The first-order valence-electron chi connectivity index (χ1n) is 9.46. The van der Waals surface area contributed by atoms with Crippen LogP contribution in [-0.2, 0) is 0 Å². The minimum absolute atomic E-state index is 0. The van der Waals surface area contributed by atoms with E-state index in [-0.39, 0.29) is 23.0 Å². The zero-order chi connectivity index (χ0) is 19.6. The molecule has 2 heterocycles. The number of thiazole rings is 1. The number of hydrazone groups is 1. The van der Waals surface area contributed by atoms with Gasteiger partial charge in [0, 0.05) is 22.4 Å². The molecule has 1 atom stereocenters. The summed E-state index contributed by atoms with van der Waals surface area (Å²) in [5, 5.41) is 10.8. The lowest BCUT2D eigenvalue weighted by atomic mass is 9.99. The lowest BCUT2D eigenvalue weighted by molar-refractivity contribution is 0.706. The van der Waals surface area contributed by atoms with Gasteiger partial charge in [-0.1, -0.05) is 84.4 Å². The van der Waals surface area contributed by atoms with Gasteiger partial charge < -0.3 is 0 Å². The maximum atomic E-state index is 6.03. The van der Waals surface area contributed by atoms with Gasteiger partial charge in [-0.25, -0.2) is 9.99 Å². The molecular weight excluding hydrogens is 478 g/mol. The van der Waals surface area contributed by atoms with Crippen molar-refractivity contribution in [3.8, 4) is 11.3 Å². The minimum atomic E-state index is 0. The van der Waals surface area contributed by atoms with Crippen LogP contribution >= 0.6 is 39.9 Å². The van der Waals surface area contributed by atoms with Gasteiger partial charge in [-0.05, 0) is 23.3 Å². The number of rotatable bonds is 4. The average Bonchev–Trinajstić information content (AvgIpc) is 3.43. The van der Waals surface area contributed by atoms with Crippen molar-refractivity contribution >= 4 is 50.8 Å². The van der Waals surface area contributed by atoms with E-state index in [4.69, 9.17) is 21.7 Å². The number of nitrogens with zero attached hydrogens (tertiary/aromatic N) is 3. The molecule has 0 N–H and O–H groups in total. The van der Waals surface area contributed by atoms with Crippen molar-refractivity contribution in [2.45, 2.75) is 12.5 Å². The largest absolute Gasteiger partial charge is 0.231 e. The highest BCUT2D eigenvalue weighted by Crippen LogP contribution is 2.39. The fourth-order valence-electron chi connectivity index (χ4n) is 3.55. The Kier molecular flexibility index (Phi) is 6.32. The molecule has 1 aliphatic rings. The van der Waals surface area contributed by atoms with E-state index in [9.17, 15) is 0 Å². The van der Waals surface area contributed by atoms with Crippen molar-refractivity contribution in [1.29, 1.82) is 0 Å². The van der Waals surface area contributed by atoms with Crippen molar-refractivity contribution in [1.82, 2.24) is 4.98 Å². The molecule has 6 heteroatoms. The normalized spacial score (nSPS) is 15.6. The predicted molar refractivity (Wildman–Crippen MR) is 132 cm³/mol. The third-order valence-electron chi connectivity index (χ3n) is 5.03. The van der Waals surface area contributed by atoms with Gasteiger partial charge in [0.05, 0.1) is 17.4 Å². The van der Waals surface area contributed by atoms with E-state index in [2.05, 4.69) is 58.9 Å². The van der Waals surface area contributed by atoms with Crippen molar-refractivity contribution < 1.29 is 0 Å². The van der Waals surface area contributed by atoms with Crippen molar-refractivity contribution in [2.75, 3.05) is 5.01 Å². The highest BCUT2D eigenvalue weighted by atomic mass is 79.9. The lowest BCUT2D eigenvalue weighted by Gasteiger charge is -2.21. The van der Waals surface area contributed by atoms with Crippen LogP contribution in [0.25, 0.3) is 11.3 Å². The molecule has 0 spiro atoms. The van der Waals surface area contributed by atoms with Gasteiger partial charge >= 0.3 is 0 Å². The topological polar surface area (TPSA) is 28.5 Å². The summed E-state index contributed by atoms with van der Waals surface area (Å²) in [6.07, 6.45) is 0.851. The monoisotopic (exact) mass is 495 g/mol. The lowest BCUT2D eigenvalue weighted by Crippen LogP contribution is -2.18. The van der Waals surface area contributed by atoms with Gasteiger partial charge in [0.2, 0.25) is 5.13 Å². The Labute approximate surface area is 195 Å². The highest BCUT2D eigenvalue weighted by Gasteiger charge is 2.31. The first-order chi connectivity index (χ1) is 14.3. The van der Waals surface area contributed by atoms with E-state index in [0.29, 0.717) is 0 Å². The quantitative estimate of drug-likeness (QED) is 0.294. The van der Waals surface area contributed by atoms with E-state index >= 15 is 0 Å². The summed E-state index contributed by atoms with van der Waals surface area (Å²) < 4.78 is 0. The summed E-state index contributed by atoms with van der Waals surface area (Å²) in [5.74, 6) is 0. The Balaban J connectivity index is 0.00000218. The Morgan fingerprint density at radius 1 is 0.833 bits per heavy atom. The van der Waals surface area contributed by atoms with E-state index in [1.165, 1.54) is 5.56 Å². The molecule has 0 saturated carbocycles. The smallest absolute Gasteiger partial charge is 0.207 e. The van der Waals surface area contributed by atoms with Crippen LogP contribution in [0.4, 0.5) is 5.13 Å². The first-order valence-corrected chi connectivity index (χ1v) is 10.7. The van der Waals surface area contributed by atoms with Gasteiger partial charge in [-0.3, -0.25) is 0 Å². The van der Waals surface area contributed by atoms with Crippen LogP contribution in [0, 0.1) is 0 Å². The molecule has 3 nitrogen and oxygen atoms in total. The molecule has 1 aliphatic heterocycles. The second-order valence-corrected chi connectivity index (χ2v) is 8.18. The molecule has 1 unspecified atom stereocenters. The molecule has 0 amide bonds. The molecule has 150 valence electrons. The molecule has 0 radical (unpaired) electrons. The average molecular weight is 497 g/mol. The van der Waals surface area contributed by atoms with Crippen LogP contribution in [0.1, 0.15) is 23.6 Å². The van der Waals surface area contributed by atoms with Crippen LogP contribution in [0.2, 0.25) is 5.02 Å². The Morgan fingerprint density at radius 2 is 1.50 bits per heavy atom. The molecule has 0 aliphatic carbocycles. The maximum Gasteiger partial charge on any atom is 0.207 e. The number of anilines is 1. The van der Waals surface area contributed by atoms with E-state index in [0.717, 1.165) is 39.1 Å². The summed E-state index contributed by atoms with van der Waals surface area (Å²) in [5.41, 5.74) is 5.48. The summed E-state index contributed by atoms with van der Waals surface area (Å²) in [4.78, 5) is 4.89. The van der Waals surface area contributed by atoms with Crippen molar-refractivity contribution in [2.24, 2.45) is 5.10 Å². The number of halogens is 2. The Morgan fingerprint density at radius 3 is 2.20 bits per heavy atom. The SMILES string of the molecule is Br.Clc1ccc(-c2csc(N3N=C(c4ccccc4)CC3c3ccccc3)n2)cc1. The molecule has 0 bridgehead atoms. The number of hydrogen-bond acceptors (Lipinski definition) is 4. The molecule has 0 saturated heterocycles. The number of hydrogen-bond donors (Lipinski definition) is 0. The Hall–Kier alpha value is -2.47. The summed E-state index contributed by atoms with van der Waals surface area (Å²) in [6, 6.07) is 28.8. The molecule has 30 heavy (non-hydrogen) atoms. The van der Waals surface area contributed by atoms with Crippen molar-refractivity contribution in [3.05, 3.63) is 106 Å². The molecule has 5 rings (SSSR count). The van der Waals surface area contributed by atoms with Gasteiger partial charge in [-0.15, -0.1) is 28.3 Å². The van der Waals surface area contributed by atoms with Crippen LogP contribution in [0.5, 0.6) is 0 Å². The van der Waals surface area contributed by atoms with Crippen LogP contribution in [-0.4, -0.2) is 10.7 Å². The van der Waals surface area contributed by atoms with Crippen molar-refractivity contribution in [3.63, 3.8) is 0 Å². The molecular formula is C24H19BrClN3S. The first kappa shape index (κ1) is 20.8. The highest BCUT2D eigenvalue weighted by molar-refractivity contribution is 8.93.